The minimum atomic E-state index is -0.357. The molecule has 0 bridgehead atoms. The summed E-state index contributed by atoms with van der Waals surface area (Å²) in [7, 11) is 0. The maximum absolute atomic E-state index is 12.1. The molecule has 3 rings (SSSR count). The second-order valence-corrected chi connectivity index (χ2v) is 6.20. The number of amides is 1. The average Bonchev–Trinajstić information content (AvgIpc) is 2.86. The first-order valence-corrected chi connectivity index (χ1v) is 6.84. The molecule has 0 saturated carbocycles. The molecule has 0 N–H and O–H groups in total. The monoisotopic (exact) mass is 287 g/mol. The van der Waals surface area contributed by atoms with Crippen LogP contribution in [0.3, 0.4) is 0 Å². The summed E-state index contributed by atoms with van der Waals surface area (Å²) in [6, 6.07) is 0. The van der Waals surface area contributed by atoms with Crippen molar-refractivity contribution in [3.63, 3.8) is 0 Å². The van der Waals surface area contributed by atoms with E-state index in [0.717, 1.165) is 0 Å². The van der Waals surface area contributed by atoms with Crippen LogP contribution >= 0.6 is 0 Å². The summed E-state index contributed by atoms with van der Waals surface area (Å²) in [5, 5.41) is 3.92. The number of likely N-dealkylation sites (tertiary alicyclic amines) is 1. The van der Waals surface area contributed by atoms with Gasteiger partial charge in [-0.2, -0.15) is 4.98 Å². The standard InChI is InChI=1S/C14H17N5O2/c1-14(2,3)13(20)19-7-9(8-19)12-17-11(18-21-12)10-6-15-4-5-16-10/h4-6,9H,7-8H2,1-3H3. The van der Waals surface area contributed by atoms with Crippen molar-refractivity contribution in [3.05, 3.63) is 24.5 Å². The summed E-state index contributed by atoms with van der Waals surface area (Å²) >= 11 is 0. The molecule has 0 spiro atoms. The van der Waals surface area contributed by atoms with Crippen molar-refractivity contribution in [1.82, 2.24) is 25.0 Å². The number of rotatable bonds is 2. The fourth-order valence-corrected chi connectivity index (χ4v) is 2.19. The van der Waals surface area contributed by atoms with Crippen LogP contribution in [0.2, 0.25) is 0 Å². The highest BCUT2D eigenvalue weighted by Crippen LogP contribution is 2.30. The summed E-state index contributed by atoms with van der Waals surface area (Å²) in [4.78, 5) is 26.4. The molecule has 7 nitrogen and oxygen atoms in total. The molecule has 110 valence electrons. The van der Waals surface area contributed by atoms with Gasteiger partial charge >= 0.3 is 0 Å². The van der Waals surface area contributed by atoms with Crippen LogP contribution in [0.25, 0.3) is 11.5 Å². The smallest absolute Gasteiger partial charge is 0.233 e. The van der Waals surface area contributed by atoms with Crippen molar-refractivity contribution >= 4 is 5.91 Å². The molecule has 2 aromatic rings. The van der Waals surface area contributed by atoms with E-state index in [0.29, 0.717) is 30.5 Å². The Kier molecular flexibility index (Phi) is 3.19. The Morgan fingerprint density at radius 1 is 1.33 bits per heavy atom. The Hall–Kier alpha value is -2.31. The Bertz CT molecular complexity index is 641. The zero-order valence-corrected chi connectivity index (χ0v) is 12.3. The Morgan fingerprint density at radius 3 is 2.71 bits per heavy atom. The molecule has 0 aromatic carbocycles. The quantitative estimate of drug-likeness (QED) is 0.832. The van der Waals surface area contributed by atoms with E-state index in [1.807, 2.05) is 25.7 Å². The number of nitrogens with zero attached hydrogens (tertiary/aromatic N) is 5. The number of carbonyl (C=O) groups excluding carboxylic acids is 1. The average molecular weight is 287 g/mol. The van der Waals surface area contributed by atoms with E-state index < -0.39 is 0 Å². The lowest BCUT2D eigenvalue weighted by Gasteiger charge is -2.40. The minimum Gasteiger partial charge on any atom is -0.341 e. The van der Waals surface area contributed by atoms with E-state index in [1.54, 1.807) is 18.6 Å². The molecule has 21 heavy (non-hydrogen) atoms. The van der Waals surface area contributed by atoms with Gasteiger partial charge in [-0.15, -0.1) is 0 Å². The van der Waals surface area contributed by atoms with Gasteiger partial charge in [0.15, 0.2) is 0 Å². The fourth-order valence-electron chi connectivity index (χ4n) is 2.19. The zero-order valence-electron chi connectivity index (χ0n) is 12.3. The second-order valence-electron chi connectivity index (χ2n) is 6.20. The first kappa shape index (κ1) is 13.7. The minimum absolute atomic E-state index is 0.106. The van der Waals surface area contributed by atoms with Crippen LogP contribution in [0.1, 0.15) is 32.6 Å². The van der Waals surface area contributed by atoms with Crippen molar-refractivity contribution in [2.24, 2.45) is 5.41 Å². The van der Waals surface area contributed by atoms with Crippen LogP contribution in [0.4, 0.5) is 0 Å². The van der Waals surface area contributed by atoms with E-state index in [-0.39, 0.29) is 17.2 Å². The highest BCUT2D eigenvalue weighted by Gasteiger charge is 2.39. The number of carbonyl (C=O) groups is 1. The number of aromatic nitrogens is 4. The number of hydrogen-bond acceptors (Lipinski definition) is 6. The van der Waals surface area contributed by atoms with Gasteiger partial charge in [0.05, 0.1) is 12.1 Å². The summed E-state index contributed by atoms with van der Waals surface area (Å²) in [6.07, 6.45) is 4.76. The Labute approximate surface area is 122 Å². The molecule has 1 fully saturated rings. The molecule has 7 heteroatoms. The van der Waals surface area contributed by atoms with Gasteiger partial charge in [-0.1, -0.05) is 25.9 Å². The van der Waals surface area contributed by atoms with Crippen molar-refractivity contribution in [2.45, 2.75) is 26.7 Å². The third-order valence-electron chi connectivity index (χ3n) is 3.39. The molecule has 1 aliphatic heterocycles. The molecular formula is C14H17N5O2. The van der Waals surface area contributed by atoms with Gasteiger partial charge in [-0.25, -0.2) is 4.98 Å². The van der Waals surface area contributed by atoms with E-state index in [9.17, 15) is 4.79 Å². The van der Waals surface area contributed by atoms with Crippen molar-refractivity contribution in [3.8, 4) is 11.5 Å². The van der Waals surface area contributed by atoms with E-state index in [1.165, 1.54) is 0 Å². The largest absolute Gasteiger partial charge is 0.341 e. The van der Waals surface area contributed by atoms with Crippen LogP contribution < -0.4 is 0 Å². The molecule has 0 radical (unpaired) electrons. The van der Waals surface area contributed by atoms with Gasteiger partial charge < -0.3 is 9.42 Å². The van der Waals surface area contributed by atoms with Crippen LogP contribution in [0, 0.1) is 5.41 Å². The number of hydrogen-bond donors (Lipinski definition) is 0. The fraction of sp³-hybridized carbons (Fsp3) is 0.500. The van der Waals surface area contributed by atoms with Gasteiger partial charge in [0.1, 0.15) is 5.69 Å². The van der Waals surface area contributed by atoms with Gasteiger partial charge in [0.2, 0.25) is 17.6 Å². The topological polar surface area (TPSA) is 85.0 Å². The SMILES string of the molecule is CC(C)(C)C(=O)N1CC(c2nc(-c3cnccn3)no2)C1. The molecule has 2 aromatic heterocycles. The predicted octanol–water partition coefficient (Wildman–Crippen LogP) is 1.50. The summed E-state index contributed by atoms with van der Waals surface area (Å²) < 4.78 is 5.27. The van der Waals surface area contributed by atoms with Crippen molar-refractivity contribution < 1.29 is 9.32 Å². The van der Waals surface area contributed by atoms with Gasteiger partial charge in [-0.05, 0) is 0 Å². The molecule has 0 atom stereocenters. The molecule has 0 unspecified atom stereocenters. The van der Waals surface area contributed by atoms with Crippen molar-refractivity contribution in [1.29, 1.82) is 0 Å². The van der Waals surface area contributed by atoms with Gasteiger partial charge in [-0.3, -0.25) is 9.78 Å². The highest BCUT2D eigenvalue weighted by atomic mass is 16.5. The van der Waals surface area contributed by atoms with Crippen LogP contribution in [0.15, 0.2) is 23.1 Å². The molecule has 1 saturated heterocycles. The molecule has 1 amide bonds. The molecule has 3 heterocycles. The second kappa shape index (κ2) is 4.91. The van der Waals surface area contributed by atoms with E-state index in [2.05, 4.69) is 20.1 Å². The predicted molar refractivity (Wildman–Crippen MR) is 74.1 cm³/mol. The lowest BCUT2D eigenvalue weighted by Crippen LogP contribution is -2.52. The van der Waals surface area contributed by atoms with E-state index in [4.69, 9.17) is 4.52 Å². The normalized spacial score (nSPS) is 15.9. The lowest BCUT2D eigenvalue weighted by atomic mass is 9.90. The Balaban J connectivity index is 1.66. The Morgan fingerprint density at radius 2 is 2.10 bits per heavy atom. The van der Waals surface area contributed by atoms with Crippen LogP contribution in [-0.4, -0.2) is 44.0 Å². The third kappa shape index (κ3) is 2.63. The maximum atomic E-state index is 12.1. The first-order chi connectivity index (χ1) is 9.95. The molecular weight excluding hydrogens is 270 g/mol. The van der Waals surface area contributed by atoms with Crippen LogP contribution in [0.5, 0.6) is 0 Å². The summed E-state index contributed by atoms with van der Waals surface area (Å²) in [5.74, 6) is 1.23. The highest BCUT2D eigenvalue weighted by molar-refractivity contribution is 5.82. The first-order valence-electron chi connectivity index (χ1n) is 6.84. The summed E-state index contributed by atoms with van der Waals surface area (Å²) in [5.41, 5.74) is 0.222. The van der Waals surface area contributed by atoms with Crippen molar-refractivity contribution in [2.75, 3.05) is 13.1 Å². The van der Waals surface area contributed by atoms with Gasteiger partial charge in [0.25, 0.3) is 0 Å². The molecule has 1 aliphatic rings. The lowest BCUT2D eigenvalue weighted by molar-refractivity contribution is -0.144. The van der Waals surface area contributed by atoms with Gasteiger partial charge in [0, 0.05) is 30.9 Å². The third-order valence-corrected chi connectivity index (χ3v) is 3.39. The maximum Gasteiger partial charge on any atom is 0.233 e. The van der Waals surface area contributed by atoms with E-state index >= 15 is 0 Å². The summed E-state index contributed by atoms with van der Waals surface area (Å²) in [6.45, 7) is 7.00. The van der Waals surface area contributed by atoms with Crippen LogP contribution in [-0.2, 0) is 4.79 Å². The molecule has 0 aliphatic carbocycles. The zero-order chi connectivity index (χ0) is 15.0.